The Hall–Kier alpha value is -1.59. The maximum absolute atomic E-state index is 10.6. The molecule has 0 unspecified atom stereocenters. The van der Waals surface area contributed by atoms with Crippen molar-refractivity contribution in [1.82, 2.24) is 5.32 Å². The fourth-order valence-corrected chi connectivity index (χ4v) is 2.22. The fraction of sp³-hybridized carbons (Fsp3) is 0.462. The first-order valence-electron chi connectivity index (χ1n) is 5.91. The van der Waals surface area contributed by atoms with Crippen molar-refractivity contribution in [2.24, 2.45) is 0 Å². The van der Waals surface area contributed by atoms with Crippen LogP contribution in [0.25, 0.3) is 0 Å². The summed E-state index contributed by atoms with van der Waals surface area (Å²) in [6.45, 7) is 0.324. The quantitative estimate of drug-likeness (QED) is 0.738. The van der Waals surface area contributed by atoms with Crippen molar-refractivity contribution in [3.05, 3.63) is 35.9 Å². The van der Waals surface area contributed by atoms with Gasteiger partial charge in [-0.3, -0.25) is 0 Å². The Morgan fingerprint density at radius 3 is 2.61 bits per heavy atom. The maximum atomic E-state index is 10.6. The fourth-order valence-electron chi connectivity index (χ4n) is 2.22. The van der Waals surface area contributed by atoms with Crippen LogP contribution in [-0.4, -0.2) is 34.6 Å². The number of aliphatic hydroxyl groups is 1. The molecule has 5 nitrogen and oxygen atoms in total. The van der Waals surface area contributed by atoms with Gasteiger partial charge in [-0.25, -0.2) is 4.79 Å². The van der Waals surface area contributed by atoms with Crippen LogP contribution in [0.1, 0.15) is 18.4 Å². The van der Waals surface area contributed by atoms with Gasteiger partial charge in [-0.1, -0.05) is 30.3 Å². The van der Waals surface area contributed by atoms with Gasteiger partial charge in [0.05, 0.1) is 24.9 Å². The number of hydrogen-bond donors (Lipinski definition) is 3. The summed E-state index contributed by atoms with van der Waals surface area (Å²) >= 11 is 0. The summed E-state index contributed by atoms with van der Waals surface area (Å²) in [5.41, 5.74) is 0.373. The Labute approximate surface area is 105 Å². The summed E-state index contributed by atoms with van der Waals surface area (Å²) in [6.07, 6.45) is -0.0691. The van der Waals surface area contributed by atoms with E-state index >= 15 is 0 Å². The molecule has 1 aromatic carbocycles. The first kappa shape index (κ1) is 12.9. The van der Waals surface area contributed by atoms with Crippen LogP contribution < -0.4 is 5.32 Å². The van der Waals surface area contributed by atoms with Crippen LogP contribution in [0.4, 0.5) is 4.79 Å². The smallest absolute Gasteiger partial charge is 0.405 e. The molecule has 0 aliphatic heterocycles. The summed E-state index contributed by atoms with van der Waals surface area (Å²) in [7, 11) is 0. The minimum Gasteiger partial charge on any atom is -0.465 e. The van der Waals surface area contributed by atoms with Crippen molar-refractivity contribution in [2.75, 3.05) is 6.61 Å². The molecule has 5 heteroatoms. The molecule has 0 spiro atoms. The standard InChI is InChI=1S/C13H17NO4/c15-9-13(14-12(16)17)6-11(7-13)18-8-10-4-2-1-3-5-10/h1-5,11,14-15H,6-9H2,(H,16,17)/t11-,13-. The lowest BCUT2D eigenvalue weighted by molar-refractivity contribution is -0.0773. The van der Waals surface area contributed by atoms with Gasteiger partial charge in [-0.05, 0) is 18.4 Å². The molecule has 0 atom stereocenters. The Morgan fingerprint density at radius 2 is 2.06 bits per heavy atom. The van der Waals surface area contributed by atoms with Gasteiger partial charge in [-0.15, -0.1) is 0 Å². The Morgan fingerprint density at radius 1 is 1.39 bits per heavy atom. The number of carboxylic acid groups (broad SMARTS) is 1. The highest BCUT2D eigenvalue weighted by molar-refractivity contribution is 5.66. The number of hydrogen-bond acceptors (Lipinski definition) is 3. The number of benzene rings is 1. The van der Waals surface area contributed by atoms with E-state index < -0.39 is 11.6 Å². The molecule has 0 aromatic heterocycles. The van der Waals surface area contributed by atoms with Gasteiger partial charge in [0.1, 0.15) is 0 Å². The van der Waals surface area contributed by atoms with Crippen LogP contribution in [0.5, 0.6) is 0 Å². The van der Waals surface area contributed by atoms with Gasteiger partial charge in [0, 0.05) is 0 Å². The van der Waals surface area contributed by atoms with Crippen LogP contribution in [0, 0.1) is 0 Å². The van der Waals surface area contributed by atoms with E-state index in [1.165, 1.54) is 0 Å². The molecule has 98 valence electrons. The largest absolute Gasteiger partial charge is 0.465 e. The summed E-state index contributed by atoms with van der Waals surface area (Å²) in [4.78, 5) is 10.6. The van der Waals surface area contributed by atoms with Crippen molar-refractivity contribution >= 4 is 6.09 Å². The second-order valence-electron chi connectivity index (χ2n) is 4.70. The Balaban J connectivity index is 1.77. The van der Waals surface area contributed by atoms with Crippen molar-refractivity contribution < 1.29 is 19.7 Å². The van der Waals surface area contributed by atoms with Crippen molar-refractivity contribution in [1.29, 1.82) is 0 Å². The topological polar surface area (TPSA) is 78.8 Å². The summed E-state index contributed by atoms with van der Waals surface area (Å²) in [5.74, 6) is 0. The predicted octanol–water partition coefficient (Wildman–Crippen LogP) is 1.36. The number of rotatable bonds is 5. The molecule has 1 saturated carbocycles. The van der Waals surface area contributed by atoms with Crippen LogP contribution in [-0.2, 0) is 11.3 Å². The summed E-state index contributed by atoms with van der Waals surface area (Å²) in [6, 6.07) is 9.80. The van der Waals surface area contributed by atoms with Gasteiger partial charge in [0.2, 0.25) is 0 Å². The van der Waals surface area contributed by atoms with E-state index in [9.17, 15) is 9.90 Å². The van der Waals surface area contributed by atoms with E-state index in [1.807, 2.05) is 30.3 Å². The van der Waals surface area contributed by atoms with Crippen LogP contribution in [0.2, 0.25) is 0 Å². The van der Waals surface area contributed by atoms with Gasteiger partial charge < -0.3 is 20.3 Å². The average molecular weight is 251 g/mol. The molecule has 1 amide bonds. The second kappa shape index (κ2) is 5.37. The molecule has 1 aromatic rings. The zero-order chi connectivity index (χ0) is 13.0. The molecule has 1 aliphatic carbocycles. The first-order valence-corrected chi connectivity index (χ1v) is 5.91. The minimum absolute atomic E-state index is 0.00389. The highest BCUT2D eigenvalue weighted by atomic mass is 16.5. The summed E-state index contributed by atoms with van der Waals surface area (Å²) in [5, 5.41) is 20.2. The third kappa shape index (κ3) is 3.00. The van der Waals surface area contributed by atoms with Crippen LogP contribution in [0.3, 0.4) is 0 Å². The number of carbonyl (C=O) groups is 1. The van der Waals surface area contributed by atoms with Crippen molar-refractivity contribution in [3.8, 4) is 0 Å². The lowest BCUT2D eigenvalue weighted by Crippen LogP contribution is -2.62. The van der Waals surface area contributed by atoms with E-state index in [0.29, 0.717) is 19.4 Å². The number of amides is 1. The van der Waals surface area contributed by atoms with E-state index in [4.69, 9.17) is 9.84 Å². The monoisotopic (exact) mass is 251 g/mol. The zero-order valence-electron chi connectivity index (χ0n) is 10.0. The highest BCUT2D eigenvalue weighted by Gasteiger charge is 2.45. The normalized spacial score (nSPS) is 26.4. The SMILES string of the molecule is O=C(O)N[C@]1(CO)C[C@@H](OCc2ccccc2)C1. The third-order valence-corrected chi connectivity index (χ3v) is 3.24. The highest BCUT2D eigenvalue weighted by Crippen LogP contribution is 2.34. The van der Waals surface area contributed by atoms with Crippen molar-refractivity contribution in [3.63, 3.8) is 0 Å². The maximum Gasteiger partial charge on any atom is 0.405 e. The van der Waals surface area contributed by atoms with Crippen molar-refractivity contribution in [2.45, 2.75) is 31.1 Å². The third-order valence-electron chi connectivity index (χ3n) is 3.24. The first-order chi connectivity index (χ1) is 8.63. The van der Waals surface area contributed by atoms with Gasteiger partial charge in [0.25, 0.3) is 0 Å². The lowest BCUT2D eigenvalue weighted by Gasteiger charge is -2.45. The van der Waals surface area contributed by atoms with E-state index in [0.717, 1.165) is 5.56 Å². The van der Waals surface area contributed by atoms with Gasteiger partial charge >= 0.3 is 6.09 Å². The zero-order valence-corrected chi connectivity index (χ0v) is 10.0. The van der Waals surface area contributed by atoms with E-state index in [2.05, 4.69) is 5.32 Å². The Bertz CT molecular complexity index is 401. The average Bonchev–Trinajstić information content (AvgIpc) is 2.32. The van der Waals surface area contributed by atoms with Crippen LogP contribution >= 0.6 is 0 Å². The molecule has 0 radical (unpaired) electrons. The molecule has 1 fully saturated rings. The minimum atomic E-state index is -1.11. The lowest BCUT2D eigenvalue weighted by atomic mass is 9.75. The molecule has 2 rings (SSSR count). The molecular formula is C13H17NO4. The summed E-state index contributed by atoms with van der Waals surface area (Å²) < 4.78 is 5.66. The predicted molar refractivity (Wildman–Crippen MR) is 65.2 cm³/mol. The second-order valence-corrected chi connectivity index (χ2v) is 4.70. The molecule has 18 heavy (non-hydrogen) atoms. The molecule has 0 saturated heterocycles. The van der Waals surface area contributed by atoms with E-state index in [-0.39, 0.29) is 12.7 Å². The number of ether oxygens (including phenoxy) is 1. The molecule has 0 bridgehead atoms. The van der Waals surface area contributed by atoms with Gasteiger partial charge in [0.15, 0.2) is 0 Å². The molecule has 0 heterocycles. The Kier molecular flexibility index (Phi) is 3.84. The molecule has 1 aliphatic rings. The van der Waals surface area contributed by atoms with Crippen LogP contribution in [0.15, 0.2) is 30.3 Å². The van der Waals surface area contributed by atoms with Gasteiger partial charge in [-0.2, -0.15) is 0 Å². The molecule has 3 N–H and O–H groups in total. The number of nitrogens with one attached hydrogen (secondary N) is 1. The number of aliphatic hydroxyl groups excluding tert-OH is 1. The van der Waals surface area contributed by atoms with E-state index in [1.54, 1.807) is 0 Å². The molecular weight excluding hydrogens is 234 g/mol.